The molecule has 2 nitrogen and oxygen atoms in total. The Morgan fingerprint density at radius 1 is 1.13 bits per heavy atom. The van der Waals surface area contributed by atoms with Gasteiger partial charge in [0.2, 0.25) is 0 Å². The SMILES string of the molecule is CC(C)CCC1CCC2(CC1)OCCO2. The summed E-state index contributed by atoms with van der Waals surface area (Å²) in [4.78, 5) is 0. The van der Waals surface area contributed by atoms with Gasteiger partial charge in [-0.05, 0) is 24.7 Å². The summed E-state index contributed by atoms with van der Waals surface area (Å²) in [5.74, 6) is 1.61. The fraction of sp³-hybridized carbons (Fsp3) is 1.00. The van der Waals surface area contributed by atoms with Gasteiger partial charge in [-0.2, -0.15) is 0 Å². The molecular formula is C13H24O2. The Balaban J connectivity index is 1.72. The number of ether oxygens (including phenoxy) is 2. The second-order valence-corrected chi connectivity index (χ2v) is 5.52. The van der Waals surface area contributed by atoms with Crippen LogP contribution >= 0.6 is 0 Å². The molecule has 0 bridgehead atoms. The monoisotopic (exact) mass is 212 g/mol. The topological polar surface area (TPSA) is 18.5 Å². The van der Waals surface area contributed by atoms with Crippen molar-refractivity contribution in [3.63, 3.8) is 0 Å². The largest absolute Gasteiger partial charge is 0.348 e. The first-order chi connectivity index (χ1) is 7.20. The van der Waals surface area contributed by atoms with Crippen molar-refractivity contribution in [3.05, 3.63) is 0 Å². The van der Waals surface area contributed by atoms with E-state index >= 15 is 0 Å². The van der Waals surface area contributed by atoms with Crippen LogP contribution in [-0.4, -0.2) is 19.0 Å². The zero-order chi connectivity index (χ0) is 10.7. The van der Waals surface area contributed by atoms with Gasteiger partial charge in [-0.3, -0.25) is 0 Å². The minimum absolute atomic E-state index is 0.158. The van der Waals surface area contributed by atoms with Crippen LogP contribution in [0.1, 0.15) is 52.4 Å². The molecule has 1 heterocycles. The van der Waals surface area contributed by atoms with E-state index in [4.69, 9.17) is 9.47 Å². The van der Waals surface area contributed by atoms with Crippen molar-refractivity contribution in [1.29, 1.82) is 0 Å². The quantitative estimate of drug-likeness (QED) is 0.714. The van der Waals surface area contributed by atoms with Crippen LogP contribution in [0.2, 0.25) is 0 Å². The zero-order valence-corrected chi connectivity index (χ0v) is 10.1. The van der Waals surface area contributed by atoms with Crippen molar-refractivity contribution in [3.8, 4) is 0 Å². The average molecular weight is 212 g/mol. The molecule has 2 fully saturated rings. The highest BCUT2D eigenvalue weighted by atomic mass is 16.7. The van der Waals surface area contributed by atoms with Crippen LogP contribution < -0.4 is 0 Å². The first-order valence-electron chi connectivity index (χ1n) is 6.48. The van der Waals surface area contributed by atoms with Gasteiger partial charge in [-0.15, -0.1) is 0 Å². The average Bonchev–Trinajstić information content (AvgIpc) is 2.66. The summed E-state index contributed by atoms with van der Waals surface area (Å²) in [6, 6.07) is 0. The van der Waals surface area contributed by atoms with Crippen LogP contribution in [-0.2, 0) is 9.47 Å². The van der Waals surface area contributed by atoms with Crippen LogP contribution in [0.3, 0.4) is 0 Å². The van der Waals surface area contributed by atoms with E-state index in [1.54, 1.807) is 0 Å². The molecule has 15 heavy (non-hydrogen) atoms. The molecule has 0 N–H and O–H groups in total. The Labute approximate surface area is 93.3 Å². The van der Waals surface area contributed by atoms with Gasteiger partial charge in [0.1, 0.15) is 0 Å². The maximum absolute atomic E-state index is 5.73. The molecule has 0 amide bonds. The van der Waals surface area contributed by atoms with Gasteiger partial charge in [0.25, 0.3) is 0 Å². The van der Waals surface area contributed by atoms with Crippen molar-refractivity contribution in [2.45, 2.75) is 58.2 Å². The fourth-order valence-electron chi connectivity index (χ4n) is 2.76. The lowest BCUT2D eigenvalue weighted by molar-refractivity contribution is -0.182. The first kappa shape index (κ1) is 11.4. The summed E-state index contributed by atoms with van der Waals surface area (Å²) in [6.45, 7) is 6.23. The molecule has 0 atom stereocenters. The van der Waals surface area contributed by atoms with Gasteiger partial charge in [0.05, 0.1) is 13.2 Å². The Bertz CT molecular complexity index is 185. The molecule has 1 aliphatic carbocycles. The Hall–Kier alpha value is -0.0800. The molecule has 1 spiro atoms. The molecule has 0 unspecified atom stereocenters. The van der Waals surface area contributed by atoms with Gasteiger partial charge in [0.15, 0.2) is 5.79 Å². The first-order valence-corrected chi connectivity index (χ1v) is 6.48. The van der Waals surface area contributed by atoms with E-state index in [1.165, 1.54) is 25.7 Å². The molecular weight excluding hydrogens is 188 g/mol. The summed E-state index contributed by atoms with van der Waals surface area (Å²) in [5.41, 5.74) is 0. The lowest BCUT2D eigenvalue weighted by Gasteiger charge is -2.35. The molecule has 88 valence electrons. The highest BCUT2D eigenvalue weighted by molar-refractivity contribution is 4.82. The van der Waals surface area contributed by atoms with E-state index in [-0.39, 0.29) is 5.79 Å². The van der Waals surface area contributed by atoms with Crippen molar-refractivity contribution in [2.24, 2.45) is 11.8 Å². The summed E-state index contributed by atoms with van der Waals surface area (Å²) in [6.07, 6.45) is 7.61. The van der Waals surface area contributed by atoms with Crippen molar-refractivity contribution in [2.75, 3.05) is 13.2 Å². The molecule has 0 aromatic heterocycles. The maximum Gasteiger partial charge on any atom is 0.168 e. The van der Waals surface area contributed by atoms with E-state index in [9.17, 15) is 0 Å². The standard InChI is InChI=1S/C13H24O2/c1-11(2)3-4-12-5-7-13(8-6-12)14-9-10-15-13/h11-12H,3-10H2,1-2H3. The lowest BCUT2D eigenvalue weighted by atomic mass is 9.81. The Kier molecular flexibility index (Phi) is 3.68. The highest BCUT2D eigenvalue weighted by Crippen LogP contribution is 2.39. The summed E-state index contributed by atoms with van der Waals surface area (Å²) in [7, 11) is 0. The maximum atomic E-state index is 5.73. The fourth-order valence-corrected chi connectivity index (χ4v) is 2.76. The normalized spacial score (nSPS) is 26.6. The Morgan fingerprint density at radius 3 is 2.27 bits per heavy atom. The van der Waals surface area contributed by atoms with E-state index < -0.39 is 0 Å². The summed E-state index contributed by atoms with van der Waals surface area (Å²) in [5, 5.41) is 0. The van der Waals surface area contributed by atoms with Gasteiger partial charge >= 0.3 is 0 Å². The van der Waals surface area contributed by atoms with Gasteiger partial charge < -0.3 is 9.47 Å². The predicted molar refractivity (Wildman–Crippen MR) is 60.7 cm³/mol. The van der Waals surface area contributed by atoms with Gasteiger partial charge in [-0.25, -0.2) is 0 Å². The van der Waals surface area contributed by atoms with E-state index in [1.807, 2.05) is 0 Å². The molecule has 2 rings (SSSR count). The van der Waals surface area contributed by atoms with E-state index in [0.717, 1.165) is 37.9 Å². The van der Waals surface area contributed by atoms with Crippen molar-refractivity contribution in [1.82, 2.24) is 0 Å². The molecule has 1 saturated heterocycles. The minimum atomic E-state index is -0.158. The number of rotatable bonds is 3. The highest BCUT2D eigenvalue weighted by Gasteiger charge is 2.39. The van der Waals surface area contributed by atoms with Crippen molar-refractivity contribution >= 4 is 0 Å². The van der Waals surface area contributed by atoms with E-state index in [2.05, 4.69) is 13.8 Å². The lowest BCUT2D eigenvalue weighted by Crippen LogP contribution is -2.35. The molecule has 0 radical (unpaired) electrons. The molecule has 1 aliphatic heterocycles. The van der Waals surface area contributed by atoms with Crippen LogP contribution in [0.5, 0.6) is 0 Å². The Morgan fingerprint density at radius 2 is 1.73 bits per heavy atom. The second kappa shape index (κ2) is 4.84. The number of hydrogen-bond donors (Lipinski definition) is 0. The number of hydrogen-bond acceptors (Lipinski definition) is 2. The molecule has 0 aromatic carbocycles. The van der Waals surface area contributed by atoms with Gasteiger partial charge in [0, 0.05) is 12.8 Å². The van der Waals surface area contributed by atoms with Crippen LogP contribution in [0.25, 0.3) is 0 Å². The third-order valence-electron chi connectivity index (χ3n) is 3.83. The van der Waals surface area contributed by atoms with Crippen LogP contribution in [0.15, 0.2) is 0 Å². The third kappa shape index (κ3) is 2.94. The second-order valence-electron chi connectivity index (χ2n) is 5.52. The zero-order valence-electron chi connectivity index (χ0n) is 10.1. The van der Waals surface area contributed by atoms with Crippen LogP contribution in [0.4, 0.5) is 0 Å². The smallest absolute Gasteiger partial charge is 0.168 e. The summed E-state index contributed by atoms with van der Waals surface area (Å²) < 4.78 is 11.5. The van der Waals surface area contributed by atoms with Crippen molar-refractivity contribution < 1.29 is 9.47 Å². The van der Waals surface area contributed by atoms with Crippen LogP contribution in [0, 0.1) is 11.8 Å². The molecule has 2 aliphatic rings. The summed E-state index contributed by atoms with van der Waals surface area (Å²) >= 11 is 0. The molecule has 0 aromatic rings. The molecule has 2 heteroatoms. The van der Waals surface area contributed by atoms with E-state index in [0.29, 0.717) is 0 Å². The third-order valence-corrected chi connectivity index (χ3v) is 3.83. The molecule has 1 saturated carbocycles. The predicted octanol–water partition coefficient (Wildman–Crippen LogP) is 3.36. The van der Waals surface area contributed by atoms with Gasteiger partial charge in [-0.1, -0.05) is 26.7 Å². The minimum Gasteiger partial charge on any atom is -0.348 e.